The van der Waals surface area contributed by atoms with Crippen molar-refractivity contribution in [1.82, 2.24) is 9.55 Å². The Morgan fingerprint density at radius 3 is 2.48 bits per heavy atom. The number of hydrogen-bond acceptors (Lipinski definition) is 2. The van der Waals surface area contributed by atoms with E-state index in [4.69, 9.17) is 23.2 Å². The zero-order chi connectivity index (χ0) is 15.1. The van der Waals surface area contributed by atoms with Gasteiger partial charge in [-0.15, -0.1) is 0 Å². The van der Waals surface area contributed by atoms with Crippen LogP contribution in [-0.4, -0.2) is 9.55 Å². The predicted octanol–water partition coefficient (Wildman–Crippen LogP) is 3.29. The number of benzene rings is 2. The maximum absolute atomic E-state index is 12.3. The van der Waals surface area contributed by atoms with Gasteiger partial charge in [-0.25, -0.2) is 4.79 Å². The predicted molar refractivity (Wildman–Crippen MR) is 84.9 cm³/mol. The molecule has 0 spiro atoms. The summed E-state index contributed by atoms with van der Waals surface area (Å²) in [4.78, 5) is 26.5. The van der Waals surface area contributed by atoms with E-state index >= 15 is 0 Å². The Morgan fingerprint density at radius 2 is 1.76 bits per heavy atom. The van der Waals surface area contributed by atoms with Gasteiger partial charge in [0.1, 0.15) is 0 Å². The van der Waals surface area contributed by atoms with Crippen LogP contribution in [0.25, 0.3) is 16.6 Å². The van der Waals surface area contributed by atoms with Crippen LogP contribution in [0.15, 0.2) is 46.0 Å². The second-order valence-corrected chi connectivity index (χ2v) is 5.42. The van der Waals surface area contributed by atoms with E-state index in [2.05, 4.69) is 4.98 Å². The number of fused-ring (bicyclic) bond motifs is 1. The monoisotopic (exact) mass is 320 g/mol. The third-order valence-corrected chi connectivity index (χ3v) is 4.09. The SMILES string of the molecule is Cc1ccc2c(=O)[nH]c(=O)n(-c3ccccc3Cl)c2c1Cl. The van der Waals surface area contributed by atoms with Crippen LogP contribution in [0, 0.1) is 6.92 Å². The van der Waals surface area contributed by atoms with Crippen molar-refractivity contribution in [2.45, 2.75) is 6.92 Å². The molecule has 0 atom stereocenters. The van der Waals surface area contributed by atoms with Gasteiger partial charge in [0.15, 0.2) is 0 Å². The molecule has 0 aliphatic carbocycles. The van der Waals surface area contributed by atoms with Gasteiger partial charge in [-0.1, -0.05) is 41.4 Å². The minimum Gasteiger partial charge on any atom is -0.273 e. The zero-order valence-electron chi connectivity index (χ0n) is 11.0. The molecule has 0 aliphatic heterocycles. The lowest BCUT2D eigenvalue weighted by Crippen LogP contribution is -2.29. The third-order valence-electron chi connectivity index (χ3n) is 3.29. The van der Waals surface area contributed by atoms with Crippen LogP contribution in [0.3, 0.4) is 0 Å². The van der Waals surface area contributed by atoms with Gasteiger partial charge in [-0.05, 0) is 30.7 Å². The molecule has 4 nitrogen and oxygen atoms in total. The summed E-state index contributed by atoms with van der Waals surface area (Å²) in [5.74, 6) is 0. The summed E-state index contributed by atoms with van der Waals surface area (Å²) >= 11 is 12.5. The third kappa shape index (κ3) is 2.17. The molecule has 3 aromatic rings. The van der Waals surface area contributed by atoms with E-state index in [1.54, 1.807) is 36.4 Å². The Bertz CT molecular complexity index is 974. The van der Waals surface area contributed by atoms with Crippen LogP contribution in [0.1, 0.15) is 5.56 Å². The number of para-hydroxylation sites is 1. The van der Waals surface area contributed by atoms with Crippen molar-refractivity contribution in [3.8, 4) is 5.69 Å². The average molecular weight is 321 g/mol. The standard InChI is InChI=1S/C15H10Cl2N2O2/c1-8-6-7-9-13(12(8)17)19(15(21)18-14(9)20)11-5-3-2-4-10(11)16/h2-7H,1H3,(H,18,20,21). The Hall–Kier alpha value is -2.04. The molecule has 2 aromatic carbocycles. The highest BCUT2D eigenvalue weighted by atomic mass is 35.5. The average Bonchev–Trinajstić information content (AvgIpc) is 2.45. The van der Waals surface area contributed by atoms with Crippen LogP contribution < -0.4 is 11.2 Å². The van der Waals surface area contributed by atoms with E-state index in [0.29, 0.717) is 26.6 Å². The van der Waals surface area contributed by atoms with Crippen LogP contribution in [0.4, 0.5) is 0 Å². The number of H-pyrrole nitrogens is 1. The summed E-state index contributed by atoms with van der Waals surface area (Å²) in [5, 5.41) is 1.09. The van der Waals surface area contributed by atoms with Gasteiger partial charge in [0.25, 0.3) is 5.56 Å². The summed E-state index contributed by atoms with van der Waals surface area (Å²) in [6, 6.07) is 10.3. The molecule has 0 saturated carbocycles. The first-order valence-corrected chi connectivity index (χ1v) is 6.95. The number of aromatic amines is 1. The van der Waals surface area contributed by atoms with E-state index in [0.717, 1.165) is 5.56 Å². The fraction of sp³-hybridized carbons (Fsp3) is 0.0667. The van der Waals surface area contributed by atoms with Crippen molar-refractivity contribution < 1.29 is 0 Å². The summed E-state index contributed by atoms with van der Waals surface area (Å²) in [6.45, 7) is 1.81. The number of rotatable bonds is 1. The Kier molecular flexibility index (Phi) is 3.35. The number of aryl methyl sites for hydroxylation is 1. The molecule has 3 rings (SSSR count). The summed E-state index contributed by atoms with van der Waals surface area (Å²) in [5.41, 5.74) is 0.555. The van der Waals surface area contributed by atoms with E-state index in [1.165, 1.54) is 4.57 Å². The first-order valence-electron chi connectivity index (χ1n) is 6.20. The van der Waals surface area contributed by atoms with Crippen molar-refractivity contribution in [2.24, 2.45) is 0 Å². The first-order chi connectivity index (χ1) is 10.0. The lowest BCUT2D eigenvalue weighted by Gasteiger charge is -2.13. The van der Waals surface area contributed by atoms with Crippen molar-refractivity contribution in [2.75, 3.05) is 0 Å². The Balaban J connectivity index is 2.60. The lowest BCUT2D eigenvalue weighted by atomic mass is 10.1. The van der Waals surface area contributed by atoms with Gasteiger partial charge >= 0.3 is 5.69 Å². The van der Waals surface area contributed by atoms with E-state index in [-0.39, 0.29) is 0 Å². The van der Waals surface area contributed by atoms with E-state index in [9.17, 15) is 9.59 Å². The minimum atomic E-state index is -0.576. The van der Waals surface area contributed by atoms with Gasteiger partial charge < -0.3 is 0 Å². The molecule has 0 amide bonds. The number of aromatic nitrogens is 2. The number of nitrogens with one attached hydrogen (secondary N) is 1. The maximum Gasteiger partial charge on any atom is 0.333 e. The van der Waals surface area contributed by atoms with Crippen molar-refractivity contribution >= 4 is 34.1 Å². The molecule has 0 fully saturated rings. The number of halogens is 2. The molecule has 0 bridgehead atoms. The fourth-order valence-electron chi connectivity index (χ4n) is 2.25. The largest absolute Gasteiger partial charge is 0.333 e. The van der Waals surface area contributed by atoms with Crippen molar-refractivity contribution in [3.63, 3.8) is 0 Å². The van der Waals surface area contributed by atoms with Crippen LogP contribution in [-0.2, 0) is 0 Å². The summed E-state index contributed by atoms with van der Waals surface area (Å²) < 4.78 is 1.33. The normalized spacial score (nSPS) is 11.0. The smallest absolute Gasteiger partial charge is 0.273 e. The van der Waals surface area contributed by atoms with Gasteiger partial charge in [0, 0.05) is 0 Å². The highest BCUT2D eigenvalue weighted by Gasteiger charge is 2.15. The van der Waals surface area contributed by atoms with Crippen molar-refractivity contribution in [3.05, 3.63) is 72.8 Å². The first kappa shape index (κ1) is 13.9. The summed E-state index contributed by atoms with van der Waals surface area (Å²) in [7, 11) is 0. The molecule has 21 heavy (non-hydrogen) atoms. The van der Waals surface area contributed by atoms with Crippen LogP contribution in [0.2, 0.25) is 10.0 Å². The van der Waals surface area contributed by atoms with E-state index in [1.807, 2.05) is 6.92 Å². The lowest BCUT2D eigenvalue weighted by molar-refractivity contribution is 0.942. The molecule has 6 heteroatoms. The topological polar surface area (TPSA) is 54.9 Å². The molecule has 0 saturated heterocycles. The van der Waals surface area contributed by atoms with Crippen LogP contribution in [0.5, 0.6) is 0 Å². The zero-order valence-corrected chi connectivity index (χ0v) is 12.5. The Morgan fingerprint density at radius 1 is 1.05 bits per heavy atom. The second-order valence-electron chi connectivity index (χ2n) is 4.64. The van der Waals surface area contributed by atoms with E-state index < -0.39 is 11.2 Å². The van der Waals surface area contributed by atoms with Crippen LogP contribution >= 0.6 is 23.2 Å². The molecule has 1 N–H and O–H groups in total. The maximum atomic E-state index is 12.3. The summed E-state index contributed by atoms with van der Waals surface area (Å²) in [6.07, 6.45) is 0. The van der Waals surface area contributed by atoms with Gasteiger partial charge in [0.05, 0.1) is 26.6 Å². The van der Waals surface area contributed by atoms with Gasteiger partial charge in [0.2, 0.25) is 0 Å². The molecule has 1 heterocycles. The van der Waals surface area contributed by atoms with Gasteiger partial charge in [-0.2, -0.15) is 0 Å². The minimum absolute atomic E-state index is 0.338. The molecule has 1 aromatic heterocycles. The fourth-order valence-corrected chi connectivity index (χ4v) is 2.72. The van der Waals surface area contributed by atoms with Crippen molar-refractivity contribution in [1.29, 1.82) is 0 Å². The number of hydrogen-bond donors (Lipinski definition) is 1. The molecule has 0 aliphatic rings. The molecule has 0 unspecified atom stereocenters. The number of nitrogens with zero attached hydrogens (tertiary/aromatic N) is 1. The highest BCUT2D eigenvalue weighted by Crippen LogP contribution is 2.28. The molecule has 106 valence electrons. The molecular formula is C15H10Cl2N2O2. The van der Waals surface area contributed by atoms with Gasteiger partial charge in [-0.3, -0.25) is 14.3 Å². The molecular weight excluding hydrogens is 311 g/mol. The highest BCUT2D eigenvalue weighted by molar-refractivity contribution is 6.36. The quantitative estimate of drug-likeness (QED) is 0.748. The second kappa shape index (κ2) is 5.06. The Labute approximate surface area is 129 Å². The molecule has 0 radical (unpaired) electrons.